The van der Waals surface area contributed by atoms with E-state index < -0.39 is 0 Å². The number of nitrogens with zero attached hydrogens (tertiary/aromatic N) is 2. The van der Waals surface area contributed by atoms with Gasteiger partial charge in [-0.25, -0.2) is 0 Å². The van der Waals surface area contributed by atoms with Gasteiger partial charge in [-0.05, 0) is 6.92 Å². The first kappa shape index (κ1) is 9.68. The van der Waals surface area contributed by atoms with Crippen LogP contribution in [0.4, 0.5) is 0 Å². The summed E-state index contributed by atoms with van der Waals surface area (Å²) in [5, 5.41) is 10.3. The van der Waals surface area contributed by atoms with E-state index in [0.29, 0.717) is 0 Å². The fourth-order valence-electron chi connectivity index (χ4n) is 1.10. The molecule has 0 spiro atoms. The van der Waals surface area contributed by atoms with Gasteiger partial charge in [0, 0.05) is 5.56 Å². The predicted octanol–water partition coefficient (Wildman–Crippen LogP) is 3.20. The van der Waals surface area contributed by atoms with E-state index in [2.05, 4.69) is 22.8 Å². The van der Waals surface area contributed by atoms with Crippen molar-refractivity contribution in [2.45, 2.75) is 12.2 Å². The Balaban J connectivity index is 2.34. The lowest BCUT2D eigenvalue weighted by molar-refractivity contribution is 0.975. The summed E-state index contributed by atoms with van der Waals surface area (Å²) in [5.74, 6) is 0. The Morgan fingerprint density at radius 2 is 1.93 bits per heavy atom. The second-order valence-corrected chi connectivity index (χ2v) is 4.77. The fourth-order valence-corrected chi connectivity index (χ4v) is 2.10. The summed E-state index contributed by atoms with van der Waals surface area (Å²) < 4.78 is 0. The van der Waals surface area contributed by atoms with E-state index in [0.717, 1.165) is 15.6 Å². The van der Waals surface area contributed by atoms with E-state index in [9.17, 15) is 0 Å². The largest absolute Gasteiger partial charge is 0.169 e. The highest BCUT2D eigenvalue weighted by atomic mass is 32.1. The van der Waals surface area contributed by atoms with Crippen molar-refractivity contribution in [2.75, 3.05) is 0 Å². The van der Waals surface area contributed by atoms with E-state index >= 15 is 0 Å². The van der Waals surface area contributed by atoms with Gasteiger partial charge >= 0.3 is 0 Å². The zero-order valence-corrected chi connectivity index (χ0v) is 9.42. The molecule has 0 aliphatic carbocycles. The molecule has 0 saturated carbocycles. The topological polar surface area (TPSA) is 25.8 Å². The standard InChI is InChI=1S/C10H10N2S2/c1-7(13)9-11-12-10(14-9)8-5-3-2-4-6-8/h2-7,13H,1H3. The van der Waals surface area contributed by atoms with Gasteiger partial charge in [-0.15, -0.1) is 10.2 Å². The SMILES string of the molecule is CC(S)c1nnc(-c2ccccc2)s1. The molecule has 4 heteroatoms. The zero-order valence-electron chi connectivity index (χ0n) is 7.71. The van der Waals surface area contributed by atoms with E-state index in [1.807, 2.05) is 37.3 Å². The normalized spacial score (nSPS) is 12.7. The second kappa shape index (κ2) is 4.11. The maximum absolute atomic E-state index is 4.32. The summed E-state index contributed by atoms with van der Waals surface area (Å²) in [4.78, 5) is 0. The van der Waals surface area contributed by atoms with Crippen LogP contribution in [0.1, 0.15) is 17.2 Å². The minimum Gasteiger partial charge on any atom is -0.169 e. The smallest absolute Gasteiger partial charge is 0.147 e. The molecule has 1 unspecified atom stereocenters. The van der Waals surface area contributed by atoms with Crippen LogP contribution in [0.15, 0.2) is 30.3 Å². The van der Waals surface area contributed by atoms with Crippen LogP contribution in [0.25, 0.3) is 10.6 Å². The molecule has 2 aromatic rings. The van der Waals surface area contributed by atoms with Gasteiger partial charge < -0.3 is 0 Å². The average Bonchev–Trinajstić information content (AvgIpc) is 2.68. The van der Waals surface area contributed by atoms with Gasteiger partial charge in [0.2, 0.25) is 0 Å². The lowest BCUT2D eigenvalue weighted by Gasteiger charge is -1.94. The van der Waals surface area contributed by atoms with Crippen LogP contribution >= 0.6 is 24.0 Å². The van der Waals surface area contributed by atoms with Gasteiger partial charge in [0.15, 0.2) is 0 Å². The maximum atomic E-state index is 4.32. The molecule has 1 aromatic carbocycles. The highest BCUT2D eigenvalue weighted by Crippen LogP contribution is 2.28. The molecular formula is C10H10N2S2. The predicted molar refractivity (Wildman–Crippen MR) is 62.7 cm³/mol. The average molecular weight is 222 g/mol. The molecule has 0 aliphatic rings. The third-order valence-corrected chi connectivity index (χ3v) is 3.39. The molecule has 2 rings (SSSR count). The lowest BCUT2D eigenvalue weighted by Crippen LogP contribution is -1.80. The molecule has 0 saturated heterocycles. The Bertz CT molecular complexity index is 409. The minimum absolute atomic E-state index is 0.157. The molecule has 14 heavy (non-hydrogen) atoms. The van der Waals surface area contributed by atoms with E-state index in [4.69, 9.17) is 0 Å². The Morgan fingerprint density at radius 3 is 2.50 bits per heavy atom. The highest BCUT2D eigenvalue weighted by Gasteiger charge is 2.08. The van der Waals surface area contributed by atoms with Crippen molar-refractivity contribution in [3.8, 4) is 10.6 Å². The van der Waals surface area contributed by atoms with E-state index in [-0.39, 0.29) is 5.25 Å². The first-order valence-corrected chi connectivity index (χ1v) is 5.67. The third kappa shape index (κ3) is 1.96. The van der Waals surface area contributed by atoms with E-state index in [1.165, 1.54) is 0 Å². The molecule has 2 nitrogen and oxygen atoms in total. The number of hydrogen-bond donors (Lipinski definition) is 1. The van der Waals surface area contributed by atoms with Gasteiger partial charge in [-0.3, -0.25) is 0 Å². The Kier molecular flexibility index (Phi) is 2.84. The van der Waals surface area contributed by atoms with Crippen LogP contribution in [-0.4, -0.2) is 10.2 Å². The Hall–Kier alpha value is -0.870. The van der Waals surface area contributed by atoms with Crippen LogP contribution < -0.4 is 0 Å². The van der Waals surface area contributed by atoms with Crippen LogP contribution in [0.3, 0.4) is 0 Å². The molecule has 0 radical (unpaired) electrons. The lowest BCUT2D eigenvalue weighted by atomic mass is 10.2. The molecule has 0 amide bonds. The van der Waals surface area contributed by atoms with Gasteiger partial charge in [0.1, 0.15) is 10.0 Å². The highest BCUT2D eigenvalue weighted by molar-refractivity contribution is 7.80. The molecule has 1 heterocycles. The Morgan fingerprint density at radius 1 is 1.21 bits per heavy atom. The van der Waals surface area contributed by atoms with E-state index in [1.54, 1.807) is 11.3 Å². The van der Waals surface area contributed by atoms with Crippen molar-refractivity contribution in [3.05, 3.63) is 35.3 Å². The van der Waals surface area contributed by atoms with Crippen molar-refractivity contribution in [1.29, 1.82) is 0 Å². The van der Waals surface area contributed by atoms with Crippen LogP contribution in [0.5, 0.6) is 0 Å². The van der Waals surface area contributed by atoms with Gasteiger partial charge in [-0.1, -0.05) is 41.7 Å². The monoisotopic (exact) mass is 222 g/mol. The maximum Gasteiger partial charge on any atom is 0.147 e. The van der Waals surface area contributed by atoms with Crippen molar-refractivity contribution in [3.63, 3.8) is 0 Å². The first-order valence-electron chi connectivity index (χ1n) is 4.34. The van der Waals surface area contributed by atoms with Crippen molar-refractivity contribution < 1.29 is 0 Å². The number of hydrogen-bond acceptors (Lipinski definition) is 4. The zero-order chi connectivity index (χ0) is 9.97. The molecular weight excluding hydrogens is 212 g/mol. The molecule has 72 valence electrons. The van der Waals surface area contributed by atoms with Gasteiger partial charge in [0.25, 0.3) is 0 Å². The number of aromatic nitrogens is 2. The number of rotatable bonds is 2. The molecule has 1 aromatic heterocycles. The second-order valence-electron chi connectivity index (χ2n) is 2.99. The van der Waals surface area contributed by atoms with Crippen LogP contribution in [0.2, 0.25) is 0 Å². The summed E-state index contributed by atoms with van der Waals surface area (Å²) in [6.07, 6.45) is 0. The molecule has 1 atom stereocenters. The van der Waals surface area contributed by atoms with Gasteiger partial charge in [0.05, 0.1) is 5.25 Å². The van der Waals surface area contributed by atoms with Gasteiger partial charge in [-0.2, -0.15) is 12.6 Å². The summed E-state index contributed by atoms with van der Waals surface area (Å²) >= 11 is 5.92. The summed E-state index contributed by atoms with van der Waals surface area (Å²) in [5.41, 5.74) is 1.12. The molecule has 0 bridgehead atoms. The third-order valence-electron chi connectivity index (χ3n) is 1.82. The number of benzene rings is 1. The van der Waals surface area contributed by atoms with Crippen molar-refractivity contribution >= 4 is 24.0 Å². The van der Waals surface area contributed by atoms with Crippen molar-refractivity contribution in [2.24, 2.45) is 0 Å². The number of thiol groups is 1. The Labute approximate surface area is 92.4 Å². The van der Waals surface area contributed by atoms with Crippen LogP contribution in [0, 0.1) is 0 Å². The first-order chi connectivity index (χ1) is 6.77. The van der Waals surface area contributed by atoms with Crippen molar-refractivity contribution in [1.82, 2.24) is 10.2 Å². The fraction of sp³-hybridized carbons (Fsp3) is 0.200. The molecule has 0 N–H and O–H groups in total. The quantitative estimate of drug-likeness (QED) is 0.790. The molecule has 0 aliphatic heterocycles. The molecule has 0 fully saturated rings. The summed E-state index contributed by atoms with van der Waals surface area (Å²) in [6, 6.07) is 10.1. The minimum atomic E-state index is 0.157. The van der Waals surface area contributed by atoms with Crippen LogP contribution in [-0.2, 0) is 0 Å². The summed E-state index contributed by atoms with van der Waals surface area (Å²) in [6.45, 7) is 2.00. The summed E-state index contributed by atoms with van der Waals surface area (Å²) in [7, 11) is 0.